The van der Waals surface area contributed by atoms with Gasteiger partial charge in [0.05, 0.1) is 7.11 Å². The molecule has 2 rings (SSSR count). The first-order chi connectivity index (χ1) is 6.31. The summed E-state index contributed by atoms with van der Waals surface area (Å²) in [4.78, 5) is 11.1. The van der Waals surface area contributed by atoms with Crippen molar-refractivity contribution in [2.75, 3.05) is 13.7 Å². The lowest BCUT2D eigenvalue weighted by atomic mass is 9.67. The molecule has 1 N–H and O–H groups in total. The van der Waals surface area contributed by atoms with Crippen molar-refractivity contribution in [3.63, 3.8) is 0 Å². The van der Waals surface area contributed by atoms with Gasteiger partial charge in [-0.2, -0.15) is 0 Å². The Kier molecular flexibility index (Phi) is 4.20. The Balaban J connectivity index is 0.000000980. The van der Waals surface area contributed by atoms with E-state index in [2.05, 4.69) is 5.32 Å². The third-order valence-electron chi connectivity index (χ3n) is 3.51. The second-order valence-corrected chi connectivity index (χ2v) is 4.13. The van der Waals surface area contributed by atoms with Gasteiger partial charge in [-0.1, -0.05) is 0 Å². The van der Waals surface area contributed by atoms with Crippen LogP contribution < -0.4 is 5.32 Å². The molecule has 1 aliphatic carbocycles. The van der Waals surface area contributed by atoms with Gasteiger partial charge in [0.15, 0.2) is 0 Å². The second-order valence-electron chi connectivity index (χ2n) is 4.13. The maximum Gasteiger partial charge on any atom is 0.305 e. The van der Waals surface area contributed by atoms with E-state index < -0.39 is 0 Å². The molecular weight excluding hydrogens is 202 g/mol. The van der Waals surface area contributed by atoms with E-state index in [1.54, 1.807) is 0 Å². The van der Waals surface area contributed by atoms with Crippen LogP contribution in [0.2, 0.25) is 0 Å². The average molecular weight is 220 g/mol. The van der Waals surface area contributed by atoms with Crippen molar-refractivity contribution in [1.82, 2.24) is 5.32 Å². The Morgan fingerprint density at radius 1 is 1.43 bits per heavy atom. The fourth-order valence-corrected chi connectivity index (χ4v) is 2.56. The number of ether oxygens (including phenoxy) is 1. The van der Waals surface area contributed by atoms with Gasteiger partial charge in [-0.3, -0.25) is 4.79 Å². The summed E-state index contributed by atoms with van der Waals surface area (Å²) in [5.41, 5.74) is 0. The van der Waals surface area contributed by atoms with Crippen molar-refractivity contribution in [2.45, 2.75) is 31.7 Å². The number of hydrogen-bond donors (Lipinski definition) is 1. The topological polar surface area (TPSA) is 38.3 Å². The minimum atomic E-state index is -0.0439. The first kappa shape index (κ1) is 11.8. The highest BCUT2D eigenvalue weighted by molar-refractivity contribution is 5.85. The van der Waals surface area contributed by atoms with E-state index in [1.807, 2.05) is 0 Å². The molecule has 0 amide bonds. The molecule has 1 saturated carbocycles. The summed E-state index contributed by atoms with van der Waals surface area (Å²) < 4.78 is 4.70. The number of piperidine rings is 1. The number of esters is 1. The van der Waals surface area contributed by atoms with Crippen LogP contribution in [-0.2, 0) is 9.53 Å². The Morgan fingerprint density at radius 3 is 2.79 bits per heavy atom. The average Bonchev–Trinajstić information content (AvgIpc) is 2.08. The Labute approximate surface area is 91.0 Å². The Bertz CT molecular complexity index is 210. The number of hydrogen-bond acceptors (Lipinski definition) is 3. The van der Waals surface area contributed by atoms with E-state index in [0.717, 1.165) is 18.9 Å². The van der Waals surface area contributed by atoms with Crippen molar-refractivity contribution in [2.24, 2.45) is 11.8 Å². The first-order valence-corrected chi connectivity index (χ1v) is 5.11. The molecule has 3 unspecified atom stereocenters. The highest BCUT2D eigenvalue weighted by Crippen LogP contribution is 2.39. The predicted molar refractivity (Wildman–Crippen MR) is 56.5 cm³/mol. The Morgan fingerprint density at radius 2 is 2.21 bits per heavy atom. The van der Waals surface area contributed by atoms with E-state index in [-0.39, 0.29) is 18.4 Å². The molecule has 82 valence electrons. The quantitative estimate of drug-likeness (QED) is 0.713. The standard InChI is InChI=1S/C10H17NO2.ClH/c1-13-10(12)6-7-4-5-11-9-3-2-8(7)9;/h7-9,11H,2-6H2,1H3;1H. The van der Waals surface area contributed by atoms with E-state index in [1.165, 1.54) is 20.0 Å². The van der Waals surface area contributed by atoms with Crippen LogP contribution >= 0.6 is 12.4 Å². The fraction of sp³-hybridized carbons (Fsp3) is 0.900. The number of carbonyl (C=O) groups excluding carboxylic acids is 1. The zero-order valence-corrected chi connectivity index (χ0v) is 9.31. The van der Waals surface area contributed by atoms with Crippen LogP contribution in [0.1, 0.15) is 25.7 Å². The van der Waals surface area contributed by atoms with Crippen LogP contribution in [0.4, 0.5) is 0 Å². The lowest BCUT2D eigenvalue weighted by molar-refractivity contribution is -0.143. The predicted octanol–water partition coefficient (Wildman–Crippen LogP) is 1.36. The molecular formula is C10H18ClNO2. The minimum Gasteiger partial charge on any atom is -0.469 e. The van der Waals surface area contributed by atoms with Gasteiger partial charge in [0, 0.05) is 12.5 Å². The number of fused-ring (bicyclic) bond motifs is 1. The van der Waals surface area contributed by atoms with Gasteiger partial charge in [0.1, 0.15) is 0 Å². The fourth-order valence-electron chi connectivity index (χ4n) is 2.56. The van der Waals surface area contributed by atoms with Crippen LogP contribution in [0.5, 0.6) is 0 Å². The Hall–Kier alpha value is -0.280. The smallest absolute Gasteiger partial charge is 0.305 e. The molecule has 14 heavy (non-hydrogen) atoms. The second kappa shape index (κ2) is 4.99. The van der Waals surface area contributed by atoms with Crippen LogP contribution in [0, 0.1) is 11.8 Å². The lowest BCUT2D eigenvalue weighted by Crippen LogP contribution is -2.52. The molecule has 0 aromatic rings. The number of nitrogens with one attached hydrogen (secondary N) is 1. The molecule has 0 spiro atoms. The maximum absolute atomic E-state index is 11.1. The van der Waals surface area contributed by atoms with Gasteiger partial charge in [-0.25, -0.2) is 0 Å². The molecule has 3 atom stereocenters. The summed E-state index contributed by atoms with van der Waals surface area (Å²) in [6.07, 6.45) is 4.34. The molecule has 0 bridgehead atoms. The van der Waals surface area contributed by atoms with Gasteiger partial charge in [-0.15, -0.1) is 12.4 Å². The summed E-state index contributed by atoms with van der Waals surface area (Å²) in [6, 6.07) is 0.698. The molecule has 3 nitrogen and oxygen atoms in total. The zero-order chi connectivity index (χ0) is 9.26. The first-order valence-electron chi connectivity index (χ1n) is 5.11. The van der Waals surface area contributed by atoms with Crippen LogP contribution in [0.3, 0.4) is 0 Å². The van der Waals surface area contributed by atoms with Crippen molar-refractivity contribution in [3.8, 4) is 0 Å². The van der Waals surface area contributed by atoms with E-state index in [9.17, 15) is 4.79 Å². The van der Waals surface area contributed by atoms with Crippen LogP contribution in [-0.4, -0.2) is 25.7 Å². The van der Waals surface area contributed by atoms with E-state index in [0.29, 0.717) is 18.4 Å². The van der Waals surface area contributed by atoms with E-state index in [4.69, 9.17) is 4.74 Å². The highest BCUT2D eigenvalue weighted by Gasteiger charge is 2.40. The summed E-state index contributed by atoms with van der Waals surface area (Å²) in [5, 5.41) is 3.49. The number of carbonyl (C=O) groups is 1. The van der Waals surface area contributed by atoms with E-state index >= 15 is 0 Å². The third kappa shape index (κ3) is 2.20. The normalized spacial score (nSPS) is 34.8. The molecule has 2 aliphatic rings. The maximum atomic E-state index is 11.1. The van der Waals surface area contributed by atoms with Crippen molar-refractivity contribution >= 4 is 18.4 Å². The molecule has 1 saturated heterocycles. The molecule has 1 aliphatic heterocycles. The summed E-state index contributed by atoms with van der Waals surface area (Å²) >= 11 is 0. The number of rotatable bonds is 2. The molecule has 4 heteroatoms. The third-order valence-corrected chi connectivity index (χ3v) is 3.51. The van der Waals surface area contributed by atoms with Gasteiger partial charge in [0.2, 0.25) is 0 Å². The van der Waals surface area contributed by atoms with Crippen molar-refractivity contribution in [3.05, 3.63) is 0 Å². The number of methoxy groups -OCH3 is 1. The SMILES string of the molecule is COC(=O)CC1CCNC2CCC12.Cl. The van der Waals surface area contributed by atoms with Gasteiger partial charge in [0.25, 0.3) is 0 Å². The lowest BCUT2D eigenvalue weighted by Gasteiger charge is -2.46. The summed E-state index contributed by atoms with van der Waals surface area (Å²) in [5.74, 6) is 1.28. The highest BCUT2D eigenvalue weighted by atomic mass is 35.5. The zero-order valence-electron chi connectivity index (χ0n) is 8.49. The minimum absolute atomic E-state index is 0. The van der Waals surface area contributed by atoms with Crippen molar-refractivity contribution < 1.29 is 9.53 Å². The van der Waals surface area contributed by atoms with Crippen molar-refractivity contribution in [1.29, 1.82) is 0 Å². The largest absolute Gasteiger partial charge is 0.469 e. The van der Waals surface area contributed by atoms with Crippen LogP contribution in [0.25, 0.3) is 0 Å². The van der Waals surface area contributed by atoms with Gasteiger partial charge >= 0.3 is 5.97 Å². The molecule has 0 aromatic carbocycles. The summed E-state index contributed by atoms with van der Waals surface area (Å²) in [7, 11) is 1.47. The van der Waals surface area contributed by atoms with Crippen LogP contribution in [0.15, 0.2) is 0 Å². The molecule has 0 aromatic heterocycles. The monoisotopic (exact) mass is 219 g/mol. The van der Waals surface area contributed by atoms with Gasteiger partial charge < -0.3 is 10.1 Å². The molecule has 0 radical (unpaired) electrons. The number of halogens is 1. The summed E-state index contributed by atoms with van der Waals surface area (Å²) in [6.45, 7) is 1.07. The molecule has 1 heterocycles. The van der Waals surface area contributed by atoms with Gasteiger partial charge in [-0.05, 0) is 37.6 Å². The molecule has 2 fully saturated rings.